The summed E-state index contributed by atoms with van der Waals surface area (Å²) in [7, 11) is 0. The third-order valence-corrected chi connectivity index (χ3v) is 11.4. The second-order valence-corrected chi connectivity index (χ2v) is 15.3. The first-order valence-corrected chi connectivity index (χ1v) is 20.4. The van der Waals surface area contributed by atoms with Gasteiger partial charge in [0.05, 0.1) is 22.2 Å². The van der Waals surface area contributed by atoms with Crippen molar-refractivity contribution in [2.24, 2.45) is 9.98 Å². The number of anilines is 3. The van der Waals surface area contributed by atoms with E-state index in [2.05, 4.69) is 89.7 Å². The van der Waals surface area contributed by atoms with Crippen LogP contribution < -0.4 is 21.9 Å². The molecule has 312 valence electrons. The number of aliphatic imine (C=N–C) groups is 2. The Labute approximate surface area is 372 Å². The molecule has 0 aliphatic carbocycles. The van der Waals surface area contributed by atoms with Gasteiger partial charge in [-0.1, -0.05) is 132 Å². The Kier molecular flexibility index (Phi) is 13.0. The number of aryl methyl sites for hydroxylation is 2. The zero-order valence-corrected chi connectivity index (χ0v) is 35.3. The second kappa shape index (κ2) is 19.3. The molecule has 0 aromatic heterocycles. The van der Waals surface area contributed by atoms with E-state index in [1.807, 2.05) is 91.9 Å². The van der Waals surface area contributed by atoms with Crippen molar-refractivity contribution in [3.8, 4) is 12.0 Å². The van der Waals surface area contributed by atoms with Crippen LogP contribution in [0.1, 0.15) is 55.6 Å². The van der Waals surface area contributed by atoms with Crippen LogP contribution in [-0.4, -0.2) is 12.2 Å². The normalized spacial score (nSPS) is 11.6. The number of carbonyl (C=O) groups excluding carboxylic acids is 2. The molecule has 0 saturated carbocycles. The van der Waals surface area contributed by atoms with Crippen molar-refractivity contribution in [1.29, 1.82) is 5.26 Å². The summed E-state index contributed by atoms with van der Waals surface area (Å²) in [6.07, 6.45) is 4.84. The van der Waals surface area contributed by atoms with Crippen LogP contribution in [0.25, 0.3) is 0 Å². The van der Waals surface area contributed by atoms with Crippen LogP contribution in [0.15, 0.2) is 204 Å². The zero-order valence-electron chi connectivity index (χ0n) is 35.3. The van der Waals surface area contributed by atoms with Crippen molar-refractivity contribution >= 4 is 40.6 Å². The number of hydrogen-bond acceptors (Lipinski definition) is 9. The summed E-state index contributed by atoms with van der Waals surface area (Å²) in [5.41, 5.74) is 30.6. The molecular weight excluding hydrogens is 793 g/mol. The number of nitrogens with zero attached hydrogens (tertiary/aromatic N) is 3. The fraction of sp³-hybridized carbons (Fsp3) is 0.0727. The van der Waals surface area contributed by atoms with E-state index in [1.54, 1.807) is 54.8 Å². The maximum absolute atomic E-state index is 10.8. The lowest BCUT2D eigenvalue weighted by molar-refractivity contribution is 0.506. The molecule has 0 aliphatic heterocycles. The summed E-state index contributed by atoms with van der Waals surface area (Å²) in [6.45, 7) is 4.12. The van der Waals surface area contributed by atoms with Gasteiger partial charge in [0, 0.05) is 17.1 Å². The molecule has 0 saturated heterocycles. The fourth-order valence-corrected chi connectivity index (χ4v) is 8.31. The molecule has 0 heterocycles. The third kappa shape index (κ3) is 8.82. The van der Waals surface area contributed by atoms with Crippen LogP contribution in [0, 0.1) is 25.4 Å². The Hall–Kier alpha value is -8.79. The van der Waals surface area contributed by atoms with Gasteiger partial charge < -0.3 is 21.9 Å². The Morgan fingerprint density at radius 1 is 0.391 bits per heavy atom. The van der Waals surface area contributed by atoms with E-state index in [-0.39, 0.29) is 0 Å². The maximum Gasteiger partial charge on any atom is 0.292 e. The molecule has 64 heavy (non-hydrogen) atoms. The van der Waals surface area contributed by atoms with Crippen LogP contribution in [0.2, 0.25) is 0 Å². The van der Waals surface area contributed by atoms with Crippen molar-refractivity contribution in [3.05, 3.63) is 250 Å². The Bertz CT molecular complexity index is 2720. The number of isocyanates is 2. The van der Waals surface area contributed by atoms with Gasteiger partial charge in [-0.05, 0) is 131 Å². The highest BCUT2D eigenvalue weighted by atomic mass is 16.5. The van der Waals surface area contributed by atoms with Gasteiger partial charge in [-0.15, -0.1) is 5.26 Å². The number of nitrogens with two attached hydrogens (primary N) is 3. The molecule has 0 spiro atoms. The lowest BCUT2D eigenvalue weighted by atomic mass is 9.65. The van der Waals surface area contributed by atoms with E-state index in [0.29, 0.717) is 17.1 Å². The molecule has 8 rings (SSSR count). The number of nitrogen functional groups attached to an aromatic ring is 3. The molecule has 0 radical (unpaired) electrons. The summed E-state index contributed by atoms with van der Waals surface area (Å²) in [4.78, 5) is 29.0. The highest BCUT2D eigenvalue weighted by Gasteiger charge is 2.40. The summed E-state index contributed by atoms with van der Waals surface area (Å²) in [5.74, 6) is 0.431. The first kappa shape index (κ1) is 43.3. The minimum atomic E-state index is -0.786. The van der Waals surface area contributed by atoms with E-state index >= 15 is 0 Å². The van der Waals surface area contributed by atoms with E-state index in [0.717, 1.165) is 61.6 Å². The number of benzene rings is 8. The van der Waals surface area contributed by atoms with Gasteiger partial charge in [0.25, 0.3) is 6.26 Å². The van der Waals surface area contributed by atoms with Crippen LogP contribution in [-0.2, 0) is 20.4 Å². The van der Waals surface area contributed by atoms with Gasteiger partial charge in [0.2, 0.25) is 12.2 Å². The number of ether oxygens (including phenoxy) is 1. The number of hydrogen-bond donors (Lipinski definition) is 3. The lowest BCUT2D eigenvalue weighted by Crippen LogP contribution is -2.31. The minimum Gasteiger partial charge on any atom is -0.399 e. The fourth-order valence-electron chi connectivity index (χ4n) is 8.31. The van der Waals surface area contributed by atoms with Gasteiger partial charge in [-0.25, -0.2) is 9.59 Å². The molecule has 0 atom stereocenters. The van der Waals surface area contributed by atoms with Crippen LogP contribution in [0.3, 0.4) is 0 Å². The number of rotatable bonds is 11. The van der Waals surface area contributed by atoms with Crippen LogP contribution >= 0.6 is 0 Å². The average molecular weight is 837 g/mol. The standard InChI is InChI=1S/C29H19N3O3.C26H25N3/c1-21-2-4-22(5-3-21)29(23-6-12-26(13-7-23)31-19-33,24-8-14-27(15-9-24)32-20-34)25-10-16-28(17-11-25)35-18-30;1-18-2-4-19(5-3-18)26(20-6-12-23(27)13-7-20,21-8-14-24(28)15-9-21)22-10-16-25(29)17-11-22/h2-17H,1H3;2-17H,27-29H2,1H3. The predicted octanol–water partition coefficient (Wildman–Crippen LogP) is 11.3. The largest absolute Gasteiger partial charge is 0.399 e. The molecule has 9 nitrogen and oxygen atoms in total. The minimum absolute atomic E-state index is 0.431. The van der Waals surface area contributed by atoms with Gasteiger partial charge in [-0.2, -0.15) is 9.98 Å². The van der Waals surface area contributed by atoms with Crippen molar-refractivity contribution in [3.63, 3.8) is 0 Å². The topological polar surface area (TPSA) is 170 Å². The smallest absolute Gasteiger partial charge is 0.292 e. The summed E-state index contributed by atoms with van der Waals surface area (Å²) >= 11 is 0. The highest BCUT2D eigenvalue weighted by Crippen LogP contribution is 2.47. The van der Waals surface area contributed by atoms with Gasteiger partial charge in [-0.3, -0.25) is 0 Å². The van der Waals surface area contributed by atoms with E-state index in [1.165, 1.54) is 11.1 Å². The van der Waals surface area contributed by atoms with Gasteiger partial charge in [0.1, 0.15) is 5.75 Å². The monoisotopic (exact) mass is 836 g/mol. The van der Waals surface area contributed by atoms with Crippen LogP contribution in [0.5, 0.6) is 5.75 Å². The summed E-state index contributed by atoms with van der Waals surface area (Å²) in [5, 5.41) is 8.90. The summed E-state index contributed by atoms with van der Waals surface area (Å²) in [6, 6.07) is 63.3. The third-order valence-electron chi connectivity index (χ3n) is 11.4. The highest BCUT2D eigenvalue weighted by molar-refractivity contribution is 5.65. The Morgan fingerprint density at radius 2 is 0.625 bits per heavy atom. The Morgan fingerprint density at radius 3 is 0.875 bits per heavy atom. The first-order valence-electron chi connectivity index (χ1n) is 20.4. The molecule has 9 heteroatoms. The number of nitriles is 1. The maximum atomic E-state index is 10.8. The zero-order chi connectivity index (χ0) is 45.1. The SMILES string of the molecule is Cc1ccc(C(c2ccc(N)cc2)(c2ccc(N)cc2)c2ccc(N)cc2)cc1.Cc1ccc(C(c2ccc(N=C=O)cc2)(c2ccc(N=C=O)cc2)c2ccc(OC#N)cc2)cc1. The lowest BCUT2D eigenvalue weighted by Gasteiger charge is -2.37. The van der Waals surface area contributed by atoms with Crippen molar-refractivity contribution in [1.82, 2.24) is 0 Å². The Balaban J connectivity index is 0.000000195. The predicted molar refractivity (Wildman–Crippen MR) is 254 cm³/mol. The van der Waals surface area contributed by atoms with E-state index in [9.17, 15) is 9.59 Å². The molecule has 0 unspecified atom stereocenters. The van der Waals surface area contributed by atoms with E-state index < -0.39 is 10.8 Å². The molecule has 0 bridgehead atoms. The van der Waals surface area contributed by atoms with Crippen molar-refractivity contribution in [2.75, 3.05) is 17.2 Å². The van der Waals surface area contributed by atoms with E-state index in [4.69, 9.17) is 27.2 Å². The second-order valence-electron chi connectivity index (χ2n) is 15.3. The molecular formula is C55H44N6O3. The molecule has 8 aromatic rings. The van der Waals surface area contributed by atoms with Crippen LogP contribution in [0.4, 0.5) is 28.4 Å². The van der Waals surface area contributed by atoms with Crippen molar-refractivity contribution < 1.29 is 14.3 Å². The van der Waals surface area contributed by atoms with Gasteiger partial charge >= 0.3 is 0 Å². The first-order chi connectivity index (χ1) is 31.1. The molecule has 0 fully saturated rings. The average Bonchev–Trinajstić information content (AvgIpc) is 3.31. The molecule has 0 aliphatic rings. The summed E-state index contributed by atoms with van der Waals surface area (Å²) < 4.78 is 5.00. The molecule has 0 amide bonds. The van der Waals surface area contributed by atoms with Crippen molar-refractivity contribution in [2.45, 2.75) is 24.7 Å². The quantitative estimate of drug-likeness (QED) is 0.0383. The van der Waals surface area contributed by atoms with Gasteiger partial charge in [0.15, 0.2) is 0 Å². The molecule has 8 aromatic carbocycles. The molecule has 6 N–H and O–H groups in total.